The van der Waals surface area contributed by atoms with Crippen LogP contribution in [0.15, 0.2) is 109 Å². The quantitative estimate of drug-likeness (QED) is 0.197. The summed E-state index contributed by atoms with van der Waals surface area (Å²) in [4.78, 5) is 0. The lowest BCUT2D eigenvalue weighted by Gasteiger charge is -2.15. The highest BCUT2D eigenvalue weighted by Gasteiger charge is 2.25. The molecule has 0 atom stereocenters. The van der Waals surface area contributed by atoms with Gasteiger partial charge < -0.3 is 0 Å². The molecule has 0 aliphatic heterocycles. The first-order chi connectivity index (χ1) is 19.8. The second-order valence-electron chi connectivity index (χ2n) is 12.0. The molecule has 0 fully saturated rings. The fourth-order valence-corrected chi connectivity index (χ4v) is 8.79. The molecule has 12 aromatic carbocycles. The summed E-state index contributed by atoms with van der Waals surface area (Å²) in [7, 11) is 0. The van der Waals surface area contributed by atoms with Gasteiger partial charge in [0.05, 0.1) is 0 Å². The molecule has 0 saturated heterocycles. The SMILES string of the molecule is c1cc2ccc3cc(-c4cc5ccc6ccc7ccc8ccc4c4c8c7c6c54)c4ccc5ccc1c1c2c3c4c51. The monoisotopic (exact) mass is 498 g/mol. The van der Waals surface area contributed by atoms with E-state index in [1.807, 2.05) is 0 Å². The second-order valence-corrected chi connectivity index (χ2v) is 12.0. The molecular formula is C40H18. The average molecular weight is 499 g/mol. The molecule has 0 N–H and O–H groups in total. The van der Waals surface area contributed by atoms with Crippen molar-refractivity contribution in [1.29, 1.82) is 0 Å². The van der Waals surface area contributed by atoms with E-state index in [0.717, 1.165) is 0 Å². The van der Waals surface area contributed by atoms with E-state index < -0.39 is 0 Å². The van der Waals surface area contributed by atoms with Crippen LogP contribution in [0.5, 0.6) is 0 Å². The van der Waals surface area contributed by atoms with Gasteiger partial charge >= 0.3 is 0 Å². The zero-order chi connectivity index (χ0) is 25.4. The van der Waals surface area contributed by atoms with Crippen molar-refractivity contribution in [3.05, 3.63) is 109 Å². The van der Waals surface area contributed by atoms with Gasteiger partial charge in [0, 0.05) is 0 Å². The van der Waals surface area contributed by atoms with Crippen molar-refractivity contribution in [2.45, 2.75) is 0 Å². The van der Waals surface area contributed by atoms with E-state index >= 15 is 0 Å². The molecule has 0 spiro atoms. The Labute approximate surface area is 227 Å². The topological polar surface area (TPSA) is 0 Å². The number of hydrogen-bond donors (Lipinski definition) is 0. The molecule has 12 rings (SSSR count). The van der Waals surface area contributed by atoms with Crippen molar-refractivity contribution in [3.63, 3.8) is 0 Å². The van der Waals surface area contributed by atoms with E-state index in [-0.39, 0.29) is 0 Å². The van der Waals surface area contributed by atoms with Crippen molar-refractivity contribution in [2.75, 3.05) is 0 Å². The largest absolute Gasteiger partial charge is 0.0537 e. The van der Waals surface area contributed by atoms with Gasteiger partial charge in [0.15, 0.2) is 0 Å². The molecule has 178 valence electrons. The highest BCUT2D eigenvalue weighted by molar-refractivity contribution is 6.47. The van der Waals surface area contributed by atoms with E-state index in [4.69, 9.17) is 0 Å². The maximum atomic E-state index is 2.47. The highest BCUT2D eigenvalue weighted by atomic mass is 14.3. The molecule has 0 bridgehead atoms. The smallest absolute Gasteiger partial charge is 0.000762 e. The van der Waals surface area contributed by atoms with Crippen molar-refractivity contribution in [2.24, 2.45) is 0 Å². The first-order valence-electron chi connectivity index (χ1n) is 14.2. The van der Waals surface area contributed by atoms with Crippen LogP contribution in [0.4, 0.5) is 0 Å². The summed E-state index contributed by atoms with van der Waals surface area (Å²) in [5, 5.41) is 27.8. The van der Waals surface area contributed by atoms with Gasteiger partial charge in [0.2, 0.25) is 0 Å². The Balaban J connectivity index is 1.36. The summed E-state index contributed by atoms with van der Waals surface area (Å²) in [6.45, 7) is 0. The third-order valence-corrected chi connectivity index (χ3v) is 10.3. The van der Waals surface area contributed by atoms with E-state index in [0.29, 0.717) is 0 Å². The van der Waals surface area contributed by atoms with Crippen molar-refractivity contribution < 1.29 is 0 Å². The van der Waals surface area contributed by atoms with Gasteiger partial charge in [-0.2, -0.15) is 0 Å². The lowest BCUT2D eigenvalue weighted by molar-refractivity contribution is 1.79. The maximum Gasteiger partial charge on any atom is -0.000762 e. The summed E-state index contributed by atoms with van der Waals surface area (Å²) < 4.78 is 0. The average Bonchev–Trinajstić information content (AvgIpc) is 3.57. The molecule has 0 radical (unpaired) electrons. The van der Waals surface area contributed by atoms with Gasteiger partial charge in [-0.3, -0.25) is 0 Å². The molecule has 0 heteroatoms. The van der Waals surface area contributed by atoms with Crippen LogP contribution in [0, 0.1) is 0 Å². The zero-order valence-corrected chi connectivity index (χ0v) is 21.4. The van der Waals surface area contributed by atoms with Crippen molar-refractivity contribution >= 4 is 108 Å². The van der Waals surface area contributed by atoms with Crippen LogP contribution in [-0.4, -0.2) is 0 Å². The van der Waals surface area contributed by atoms with E-state index in [1.54, 1.807) is 0 Å². The molecule has 12 aromatic rings. The summed E-state index contributed by atoms with van der Waals surface area (Å²) in [5.74, 6) is 0. The summed E-state index contributed by atoms with van der Waals surface area (Å²) in [6, 6.07) is 42.1. The maximum absolute atomic E-state index is 2.47. The molecule has 0 nitrogen and oxygen atoms in total. The van der Waals surface area contributed by atoms with Crippen LogP contribution in [0.3, 0.4) is 0 Å². The molecule has 0 aliphatic rings. The van der Waals surface area contributed by atoms with Crippen LogP contribution in [0.2, 0.25) is 0 Å². The molecule has 40 heavy (non-hydrogen) atoms. The Bertz CT molecular complexity index is 2670. The Morgan fingerprint density at radius 2 is 0.425 bits per heavy atom. The molecule has 0 saturated carbocycles. The second kappa shape index (κ2) is 5.86. The normalized spacial score (nSPS) is 13.5. The summed E-state index contributed by atoms with van der Waals surface area (Å²) >= 11 is 0. The summed E-state index contributed by atoms with van der Waals surface area (Å²) in [5.41, 5.74) is 2.69. The van der Waals surface area contributed by atoms with Crippen LogP contribution < -0.4 is 0 Å². The molecule has 0 aromatic heterocycles. The number of hydrogen-bond acceptors (Lipinski definition) is 0. The predicted molar refractivity (Wildman–Crippen MR) is 174 cm³/mol. The third-order valence-electron chi connectivity index (χ3n) is 10.3. The van der Waals surface area contributed by atoms with Gasteiger partial charge in [-0.15, -0.1) is 0 Å². The van der Waals surface area contributed by atoms with Crippen LogP contribution in [0.1, 0.15) is 0 Å². The lowest BCUT2D eigenvalue weighted by atomic mass is 9.87. The Morgan fingerprint density at radius 3 is 0.750 bits per heavy atom. The van der Waals surface area contributed by atoms with Gasteiger partial charge in [-0.05, 0) is 131 Å². The Hall–Kier alpha value is -5.20. The molecule has 0 amide bonds. The fraction of sp³-hybridized carbons (Fsp3) is 0. The third kappa shape index (κ3) is 1.83. The number of benzene rings is 10. The molecule has 0 aliphatic carbocycles. The van der Waals surface area contributed by atoms with Crippen molar-refractivity contribution in [3.8, 4) is 11.1 Å². The van der Waals surface area contributed by atoms with E-state index in [9.17, 15) is 0 Å². The minimum absolute atomic E-state index is 1.34. The van der Waals surface area contributed by atoms with E-state index in [1.165, 1.54) is 119 Å². The molecular weight excluding hydrogens is 480 g/mol. The Morgan fingerprint density at radius 1 is 0.200 bits per heavy atom. The minimum Gasteiger partial charge on any atom is -0.0537 e. The van der Waals surface area contributed by atoms with Gasteiger partial charge in [-0.1, -0.05) is 97.1 Å². The first-order valence-corrected chi connectivity index (χ1v) is 14.2. The predicted octanol–water partition coefficient (Wildman–Crippen LogP) is 11.5. The van der Waals surface area contributed by atoms with Crippen LogP contribution >= 0.6 is 0 Å². The standard InChI is InChI=1S/C40H18/c1-3-21-9-11-25-17-29(27-15-13-23-7-5-19(1)31-33(21)37(25)39(27)35(23)31)30-18-26-12-10-22-4-2-20-6-8-24-14-16-28(30)40-36(24)32(20)34(22)38(26)40/h1-18H. The molecule has 0 unspecified atom stereocenters. The van der Waals surface area contributed by atoms with Crippen molar-refractivity contribution in [1.82, 2.24) is 0 Å². The van der Waals surface area contributed by atoms with Gasteiger partial charge in [0.1, 0.15) is 0 Å². The number of rotatable bonds is 1. The highest BCUT2D eigenvalue weighted by Crippen LogP contribution is 2.53. The summed E-state index contributed by atoms with van der Waals surface area (Å²) in [6.07, 6.45) is 0. The van der Waals surface area contributed by atoms with Gasteiger partial charge in [0.25, 0.3) is 0 Å². The molecule has 0 heterocycles. The van der Waals surface area contributed by atoms with Crippen LogP contribution in [0.25, 0.3) is 119 Å². The fourth-order valence-electron chi connectivity index (χ4n) is 8.79. The lowest BCUT2D eigenvalue weighted by Crippen LogP contribution is -1.88. The van der Waals surface area contributed by atoms with E-state index in [2.05, 4.69) is 109 Å². The minimum atomic E-state index is 1.34. The van der Waals surface area contributed by atoms with Crippen LogP contribution in [-0.2, 0) is 0 Å². The Kier molecular flexibility index (Phi) is 2.77. The zero-order valence-electron chi connectivity index (χ0n) is 21.4. The first kappa shape index (κ1) is 19.0. The van der Waals surface area contributed by atoms with Gasteiger partial charge in [-0.25, -0.2) is 0 Å².